The van der Waals surface area contributed by atoms with Gasteiger partial charge in [-0.15, -0.1) is 11.3 Å². The Morgan fingerprint density at radius 3 is 2.60 bits per heavy atom. The van der Waals surface area contributed by atoms with Gasteiger partial charge in [0.15, 0.2) is 6.61 Å². The predicted molar refractivity (Wildman–Crippen MR) is 117 cm³/mol. The van der Waals surface area contributed by atoms with E-state index in [4.69, 9.17) is 16.3 Å². The molecule has 0 aliphatic carbocycles. The second-order valence-electron chi connectivity index (χ2n) is 6.27. The minimum Gasteiger partial charge on any atom is -0.484 e. The molecule has 0 fully saturated rings. The number of para-hydroxylation sites is 1. The number of non-ortho nitro benzene ring substituents is 1. The molecule has 1 N–H and O–H groups in total. The lowest BCUT2D eigenvalue weighted by Gasteiger charge is -2.09. The standard InChI is InChI=1S/C21H14ClN3O4S/c22-17-11-13(5-10-16(17)21-24-18-3-1-2-4-19(18)30-21)23-20(26)12-29-15-8-6-14(7-9-15)25(27)28/h1-11H,12H2,(H,23,26). The van der Waals surface area contributed by atoms with Crippen LogP contribution in [0, 0.1) is 10.1 Å². The van der Waals surface area contributed by atoms with Crippen LogP contribution in [0.1, 0.15) is 0 Å². The fourth-order valence-electron chi connectivity index (χ4n) is 2.76. The molecule has 4 aromatic rings. The number of carbonyl (C=O) groups is 1. The number of nitro benzene ring substituents is 1. The van der Waals surface area contributed by atoms with Crippen molar-refractivity contribution in [1.29, 1.82) is 0 Å². The number of anilines is 1. The molecular weight excluding hydrogens is 426 g/mol. The third-order valence-electron chi connectivity index (χ3n) is 4.19. The zero-order valence-electron chi connectivity index (χ0n) is 15.4. The summed E-state index contributed by atoms with van der Waals surface area (Å²) in [6, 6.07) is 18.6. The van der Waals surface area contributed by atoms with Crippen LogP contribution >= 0.6 is 22.9 Å². The van der Waals surface area contributed by atoms with Gasteiger partial charge in [0, 0.05) is 23.4 Å². The van der Waals surface area contributed by atoms with Gasteiger partial charge in [0.2, 0.25) is 0 Å². The quantitative estimate of drug-likeness (QED) is 0.314. The minimum atomic E-state index is -0.502. The number of nitrogens with zero attached hydrogens (tertiary/aromatic N) is 2. The molecule has 0 spiro atoms. The summed E-state index contributed by atoms with van der Waals surface area (Å²) >= 11 is 7.97. The summed E-state index contributed by atoms with van der Waals surface area (Å²) in [6.07, 6.45) is 0. The van der Waals surface area contributed by atoms with E-state index in [-0.39, 0.29) is 18.2 Å². The molecule has 0 aliphatic rings. The number of amides is 1. The number of carbonyl (C=O) groups excluding carboxylic acids is 1. The second kappa shape index (κ2) is 8.48. The maximum absolute atomic E-state index is 12.1. The number of hydrogen-bond donors (Lipinski definition) is 1. The number of thiazole rings is 1. The van der Waals surface area contributed by atoms with E-state index in [1.807, 2.05) is 30.3 Å². The predicted octanol–water partition coefficient (Wildman–Crippen LogP) is 5.54. The molecule has 150 valence electrons. The molecule has 0 saturated carbocycles. The summed E-state index contributed by atoms with van der Waals surface area (Å²) < 4.78 is 6.43. The van der Waals surface area contributed by atoms with Crippen molar-refractivity contribution in [3.8, 4) is 16.3 Å². The van der Waals surface area contributed by atoms with Crippen LogP contribution in [0.3, 0.4) is 0 Å². The van der Waals surface area contributed by atoms with Crippen molar-refractivity contribution in [3.05, 3.63) is 81.9 Å². The van der Waals surface area contributed by atoms with Crippen LogP contribution in [0.2, 0.25) is 5.02 Å². The first kappa shape index (κ1) is 19.8. The van der Waals surface area contributed by atoms with Gasteiger partial charge in [-0.1, -0.05) is 23.7 Å². The fourth-order valence-corrected chi connectivity index (χ4v) is 4.09. The van der Waals surface area contributed by atoms with Crippen molar-refractivity contribution in [2.45, 2.75) is 0 Å². The number of rotatable bonds is 6. The average Bonchev–Trinajstić information content (AvgIpc) is 3.16. The molecular formula is C21H14ClN3O4S. The van der Waals surface area contributed by atoms with E-state index in [1.165, 1.54) is 24.3 Å². The summed E-state index contributed by atoms with van der Waals surface area (Å²) in [4.78, 5) is 26.9. The number of halogens is 1. The Morgan fingerprint density at radius 2 is 1.90 bits per heavy atom. The van der Waals surface area contributed by atoms with Crippen LogP contribution in [-0.4, -0.2) is 22.4 Å². The highest BCUT2D eigenvalue weighted by molar-refractivity contribution is 7.21. The van der Waals surface area contributed by atoms with Gasteiger partial charge in [0.25, 0.3) is 11.6 Å². The molecule has 0 aliphatic heterocycles. The summed E-state index contributed by atoms with van der Waals surface area (Å²) in [5, 5.41) is 14.7. The normalized spacial score (nSPS) is 10.7. The highest BCUT2D eigenvalue weighted by Gasteiger charge is 2.12. The molecule has 1 amide bonds. The minimum absolute atomic E-state index is 0.0466. The van der Waals surface area contributed by atoms with Gasteiger partial charge >= 0.3 is 0 Å². The van der Waals surface area contributed by atoms with Crippen molar-refractivity contribution in [2.75, 3.05) is 11.9 Å². The molecule has 1 heterocycles. The molecule has 0 unspecified atom stereocenters. The second-order valence-corrected chi connectivity index (χ2v) is 7.71. The zero-order chi connectivity index (χ0) is 21.1. The lowest BCUT2D eigenvalue weighted by Crippen LogP contribution is -2.20. The third-order valence-corrected chi connectivity index (χ3v) is 5.58. The van der Waals surface area contributed by atoms with Crippen molar-refractivity contribution in [3.63, 3.8) is 0 Å². The Labute approximate surface area is 180 Å². The summed E-state index contributed by atoms with van der Waals surface area (Å²) in [6.45, 7) is -0.241. The highest BCUT2D eigenvalue weighted by atomic mass is 35.5. The third kappa shape index (κ3) is 4.40. The zero-order valence-corrected chi connectivity index (χ0v) is 16.9. The van der Waals surface area contributed by atoms with E-state index in [1.54, 1.807) is 23.5 Å². The first-order valence-corrected chi connectivity index (χ1v) is 10.0. The monoisotopic (exact) mass is 439 g/mol. The molecule has 3 aromatic carbocycles. The number of fused-ring (bicyclic) bond motifs is 1. The van der Waals surface area contributed by atoms with Crippen LogP contribution in [0.25, 0.3) is 20.8 Å². The lowest BCUT2D eigenvalue weighted by atomic mass is 10.2. The van der Waals surface area contributed by atoms with E-state index in [2.05, 4.69) is 10.3 Å². The molecule has 0 bridgehead atoms. The Morgan fingerprint density at radius 1 is 1.13 bits per heavy atom. The van der Waals surface area contributed by atoms with Crippen LogP contribution in [0.5, 0.6) is 5.75 Å². The van der Waals surface area contributed by atoms with E-state index in [0.717, 1.165) is 20.8 Å². The van der Waals surface area contributed by atoms with Gasteiger partial charge in [-0.2, -0.15) is 0 Å². The van der Waals surface area contributed by atoms with Gasteiger partial charge < -0.3 is 10.1 Å². The fraction of sp³-hybridized carbons (Fsp3) is 0.0476. The van der Waals surface area contributed by atoms with Crippen molar-refractivity contribution in [1.82, 2.24) is 4.98 Å². The van der Waals surface area contributed by atoms with Crippen LogP contribution in [0.4, 0.5) is 11.4 Å². The van der Waals surface area contributed by atoms with Crippen LogP contribution in [0.15, 0.2) is 66.7 Å². The SMILES string of the molecule is O=C(COc1ccc([N+](=O)[O-])cc1)Nc1ccc(-c2nc3ccccc3s2)c(Cl)c1. The molecule has 4 rings (SSSR count). The molecule has 1 aromatic heterocycles. The van der Waals surface area contributed by atoms with Crippen LogP contribution < -0.4 is 10.1 Å². The lowest BCUT2D eigenvalue weighted by molar-refractivity contribution is -0.384. The maximum Gasteiger partial charge on any atom is 0.269 e. The number of aromatic nitrogens is 1. The number of nitrogens with one attached hydrogen (secondary N) is 1. The van der Waals surface area contributed by atoms with Gasteiger partial charge in [-0.3, -0.25) is 14.9 Å². The Kier molecular flexibility index (Phi) is 5.60. The van der Waals surface area contributed by atoms with Crippen molar-refractivity contribution >= 4 is 50.4 Å². The molecule has 30 heavy (non-hydrogen) atoms. The number of hydrogen-bond acceptors (Lipinski definition) is 6. The van der Waals surface area contributed by atoms with Crippen molar-refractivity contribution in [2.24, 2.45) is 0 Å². The van der Waals surface area contributed by atoms with Gasteiger partial charge in [-0.05, 0) is 42.5 Å². The molecule has 7 nitrogen and oxygen atoms in total. The Bertz CT molecular complexity index is 1210. The number of benzene rings is 3. The van der Waals surface area contributed by atoms with E-state index in [9.17, 15) is 14.9 Å². The van der Waals surface area contributed by atoms with E-state index < -0.39 is 4.92 Å². The molecule has 0 radical (unpaired) electrons. The largest absolute Gasteiger partial charge is 0.484 e. The van der Waals surface area contributed by atoms with Gasteiger partial charge in [-0.25, -0.2) is 4.98 Å². The number of nitro groups is 1. The average molecular weight is 440 g/mol. The van der Waals surface area contributed by atoms with Crippen molar-refractivity contribution < 1.29 is 14.5 Å². The molecule has 9 heteroatoms. The number of ether oxygens (including phenoxy) is 1. The summed E-state index contributed by atoms with van der Waals surface area (Å²) in [5.74, 6) is -0.0166. The first-order chi connectivity index (χ1) is 14.5. The smallest absolute Gasteiger partial charge is 0.269 e. The summed E-state index contributed by atoms with van der Waals surface area (Å²) in [5.41, 5.74) is 2.18. The first-order valence-electron chi connectivity index (χ1n) is 8.82. The molecule has 0 saturated heterocycles. The highest BCUT2D eigenvalue weighted by Crippen LogP contribution is 2.35. The molecule has 0 atom stereocenters. The van der Waals surface area contributed by atoms with E-state index in [0.29, 0.717) is 16.5 Å². The van der Waals surface area contributed by atoms with Gasteiger partial charge in [0.05, 0.1) is 20.2 Å². The maximum atomic E-state index is 12.1. The topological polar surface area (TPSA) is 94.4 Å². The van der Waals surface area contributed by atoms with Crippen LogP contribution in [-0.2, 0) is 4.79 Å². The Hall–Kier alpha value is -3.49. The van der Waals surface area contributed by atoms with Gasteiger partial charge in [0.1, 0.15) is 10.8 Å². The van der Waals surface area contributed by atoms with E-state index >= 15 is 0 Å². The summed E-state index contributed by atoms with van der Waals surface area (Å²) in [7, 11) is 0. The Balaban J connectivity index is 1.40.